The van der Waals surface area contributed by atoms with Crippen molar-refractivity contribution in [2.45, 2.75) is 13.5 Å². The number of nitrogens with zero attached hydrogens (tertiary/aromatic N) is 3. The first-order valence-corrected chi connectivity index (χ1v) is 9.39. The molecule has 3 aromatic rings. The molecule has 7 nitrogen and oxygen atoms in total. The van der Waals surface area contributed by atoms with Gasteiger partial charge in [0.25, 0.3) is 5.56 Å². The second kappa shape index (κ2) is 9.75. The highest BCUT2D eigenvalue weighted by molar-refractivity contribution is 6.32. The number of hydrogen-bond acceptors (Lipinski definition) is 6. The summed E-state index contributed by atoms with van der Waals surface area (Å²) in [6, 6.07) is 15.0. The molecule has 0 aliphatic heterocycles. The molecule has 1 N–H and O–H groups in total. The predicted octanol–water partition coefficient (Wildman–Crippen LogP) is 3.80. The smallest absolute Gasteiger partial charge is 0.288 e. The number of ether oxygens (including phenoxy) is 2. The Morgan fingerprint density at radius 2 is 2.00 bits per heavy atom. The molecule has 29 heavy (non-hydrogen) atoms. The van der Waals surface area contributed by atoms with Crippen LogP contribution in [0, 0.1) is 0 Å². The zero-order valence-electron chi connectivity index (χ0n) is 16.1. The number of hydrazone groups is 1. The van der Waals surface area contributed by atoms with E-state index >= 15 is 0 Å². The van der Waals surface area contributed by atoms with Crippen LogP contribution in [-0.4, -0.2) is 29.7 Å². The van der Waals surface area contributed by atoms with Gasteiger partial charge in [0.1, 0.15) is 10.7 Å². The van der Waals surface area contributed by atoms with Crippen LogP contribution in [0.2, 0.25) is 5.02 Å². The highest BCUT2D eigenvalue weighted by Gasteiger charge is 2.09. The molecule has 0 bridgehead atoms. The Labute approximate surface area is 173 Å². The second-order valence-corrected chi connectivity index (χ2v) is 6.41. The summed E-state index contributed by atoms with van der Waals surface area (Å²) in [5.41, 5.74) is 4.45. The first-order valence-electron chi connectivity index (χ1n) is 9.01. The molecule has 0 unspecified atom stereocenters. The first kappa shape index (κ1) is 20.4. The molecule has 0 radical (unpaired) electrons. The maximum Gasteiger partial charge on any atom is 0.288 e. The van der Waals surface area contributed by atoms with Gasteiger partial charge < -0.3 is 9.47 Å². The number of methoxy groups -OCH3 is 1. The van der Waals surface area contributed by atoms with E-state index < -0.39 is 5.56 Å². The van der Waals surface area contributed by atoms with Crippen molar-refractivity contribution >= 4 is 23.5 Å². The van der Waals surface area contributed by atoms with E-state index in [0.29, 0.717) is 30.3 Å². The molecule has 150 valence electrons. The molecule has 0 aliphatic carbocycles. The van der Waals surface area contributed by atoms with Gasteiger partial charge in [0.2, 0.25) is 0 Å². The van der Waals surface area contributed by atoms with Crippen LogP contribution in [0.1, 0.15) is 18.1 Å². The fourth-order valence-corrected chi connectivity index (χ4v) is 2.82. The van der Waals surface area contributed by atoms with Crippen LogP contribution in [0.25, 0.3) is 0 Å². The number of nitrogens with one attached hydrogen (secondary N) is 1. The van der Waals surface area contributed by atoms with E-state index in [-0.39, 0.29) is 5.02 Å². The van der Waals surface area contributed by atoms with E-state index in [1.54, 1.807) is 19.4 Å². The van der Waals surface area contributed by atoms with E-state index in [1.165, 1.54) is 10.9 Å². The average Bonchev–Trinajstić information content (AvgIpc) is 2.75. The van der Waals surface area contributed by atoms with Crippen molar-refractivity contribution in [1.29, 1.82) is 0 Å². The molecule has 0 amide bonds. The van der Waals surface area contributed by atoms with Crippen LogP contribution in [0.3, 0.4) is 0 Å². The molecule has 1 aromatic heterocycles. The topological polar surface area (TPSA) is 77.7 Å². The fourth-order valence-electron chi connectivity index (χ4n) is 2.63. The Bertz CT molecular complexity index is 1050. The lowest BCUT2D eigenvalue weighted by Gasteiger charge is -2.09. The Kier molecular flexibility index (Phi) is 6.86. The van der Waals surface area contributed by atoms with Crippen molar-refractivity contribution in [3.8, 4) is 11.5 Å². The summed E-state index contributed by atoms with van der Waals surface area (Å²) in [7, 11) is 1.58. The molecule has 3 rings (SSSR count). The van der Waals surface area contributed by atoms with Crippen LogP contribution in [0.4, 0.5) is 5.69 Å². The summed E-state index contributed by atoms with van der Waals surface area (Å²) >= 11 is 6.20. The first-order chi connectivity index (χ1) is 14.1. The lowest BCUT2D eigenvalue weighted by Crippen LogP contribution is -2.24. The Morgan fingerprint density at radius 3 is 2.72 bits per heavy atom. The Morgan fingerprint density at radius 1 is 1.21 bits per heavy atom. The van der Waals surface area contributed by atoms with E-state index in [2.05, 4.69) is 15.6 Å². The minimum Gasteiger partial charge on any atom is -0.493 e. The number of rotatable bonds is 8. The highest BCUT2D eigenvalue weighted by Crippen LogP contribution is 2.27. The van der Waals surface area contributed by atoms with Gasteiger partial charge in [0.15, 0.2) is 11.5 Å². The molecule has 0 saturated carbocycles. The maximum atomic E-state index is 12.5. The third kappa shape index (κ3) is 5.14. The van der Waals surface area contributed by atoms with Gasteiger partial charge in [-0.25, -0.2) is 4.68 Å². The van der Waals surface area contributed by atoms with Crippen molar-refractivity contribution < 1.29 is 9.47 Å². The van der Waals surface area contributed by atoms with Gasteiger partial charge >= 0.3 is 0 Å². The van der Waals surface area contributed by atoms with Crippen molar-refractivity contribution in [2.75, 3.05) is 19.1 Å². The summed E-state index contributed by atoms with van der Waals surface area (Å²) in [5.74, 6) is 1.27. The summed E-state index contributed by atoms with van der Waals surface area (Å²) in [6.45, 7) is 2.80. The minimum absolute atomic E-state index is 0.0253. The van der Waals surface area contributed by atoms with Gasteiger partial charge in [-0.3, -0.25) is 10.2 Å². The Balaban J connectivity index is 1.72. The van der Waals surface area contributed by atoms with Crippen molar-refractivity contribution in [1.82, 2.24) is 9.78 Å². The number of anilines is 1. The quantitative estimate of drug-likeness (QED) is 0.449. The largest absolute Gasteiger partial charge is 0.493 e. The zero-order valence-corrected chi connectivity index (χ0v) is 16.9. The SMILES string of the molecule is CCOc1ccc(/C=N/Nc2cnn(Cc3ccccc3)c(=O)c2Cl)cc1OC. The van der Waals surface area contributed by atoms with Crippen molar-refractivity contribution in [3.63, 3.8) is 0 Å². The standard InChI is InChI=1S/C21H21ClN4O3/c1-3-29-18-10-9-16(11-19(18)28-2)12-23-25-17-13-24-26(21(27)20(17)22)14-15-7-5-4-6-8-15/h4-13,25H,3,14H2,1-2H3/b23-12+. The van der Waals surface area contributed by atoms with Gasteiger partial charge in [-0.2, -0.15) is 10.2 Å². The van der Waals surface area contributed by atoms with Crippen LogP contribution in [0.5, 0.6) is 11.5 Å². The third-order valence-corrected chi connectivity index (χ3v) is 4.41. The average molecular weight is 413 g/mol. The molecule has 0 saturated heterocycles. The maximum absolute atomic E-state index is 12.5. The van der Waals surface area contributed by atoms with Crippen LogP contribution in [-0.2, 0) is 6.54 Å². The summed E-state index contributed by atoms with van der Waals surface area (Å²) in [5, 5.41) is 8.33. The molecule has 8 heteroatoms. The van der Waals surface area contributed by atoms with E-state index in [9.17, 15) is 4.79 Å². The van der Waals surface area contributed by atoms with E-state index in [0.717, 1.165) is 11.1 Å². The highest BCUT2D eigenvalue weighted by atomic mass is 35.5. The second-order valence-electron chi connectivity index (χ2n) is 6.03. The van der Waals surface area contributed by atoms with Gasteiger partial charge in [-0.1, -0.05) is 41.9 Å². The van der Waals surface area contributed by atoms with Gasteiger partial charge in [-0.15, -0.1) is 0 Å². The normalized spacial score (nSPS) is 10.9. The molecule has 2 aromatic carbocycles. The number of halogens is 1. The van der Waals surface area contributed by atoms with Crippen molar-refractivity contribution in [3.05, 3.63) is 81.2 Å². The minimum atomic E-state index is -0.390. The van der Waals surface area contributed by atoms with Gasteiger partial charge in [-0.05, 0) is 36.2 Å². The number of hydrogen-bond donors (Lipinski definition) is 1. The van der Waals surface area contributed by atoms with Crippen LogP contribution >= 0.6 is 11.6 Å². The zero-order chi connectivity index (χ0) is 20.6. The fraction of sp³-hybridized carbons (Fsp3) is 0.190. The Hall–Kier alpha value is -3.32. The molecule has 1 heterocycles. The van der Waals surface area contributed by atoms with Crippen molar-refractivity contribution in [2.24, 2.45) is 5.10 Å². The predicted molar refractivity (Wildman–Crippen MR) is 114 cm³/mol. The molecule has 0 fully saturated rings. The van der Waals surface area contributed by atoms with Gasteiger partial charge in [0.05, 0.1) is 32.7 Å². The molecular weight excluding hydrogens is 392 g/mol. The molecular formula is C21H21ClN4O3. The molecule has 0 spiro atoms. The lowest BCUT2D eigenvalue weighted by molar-refractivity contribution is 0.311. The number of benzene rings is 2. The lowest BCUT2D eigenvalue weighted by atomic mass is 10.2. The molecule has 0 atom stereocenters. The molecule has 0 aliphatic rings. The van der Waals surface area contributed by atoms with E-state index in [1.807, 2.05) is 49.4 Å². The summed E-state index contributed by atoms with van der Waals surface area (Å²) in [6.07, 6.45) is 3.06. The summed E-state index contributed by atoms with van der Waals surface area (Å²) in [4.78, 5) is 12.5. The van der Waals surface area contributed by atoms with Crippen LogP contribution in [0.15, 0.2) is 64.6 Å². The third-order valence-electron chi connectivity index (χ3n) is 4.05. The number of aromatic nitrogens is 2. The van der Waals surface area contributed by atoms with Gasteiger partial charge in [0, 0.05) is 0 Å². The summed E-state index contributed by atoms with van der Waals surface area (Å²) < 4.78 is 12.1. The monoisotopic (exact) mass is 412 g/mol. The van der Waals surface area contributed by atoms with E-state index in [4.69, 9.17) is 21.1 Å². The van der Waals surface area contributed by atoms with Crippen LogP contribution < -0.4 is 20.5 Å².